The monoisotopic (exact) mass is 429 g/mol. The number of nitrogens with one attached hydrogen (secondary N) is 2. The quantitative estimate of drug-likeness (QED) is 0.568. The number of aryl methyl sites for hydroxylation is 1. The van der Waals surface area contributed by atoms with E-state index < -0.39 is 4.92 Å². The van der Waals surface area contributed by atoms with Crippen LogP contribution < -0.4 is 10.6 Å². The predicted molar refractivity (Wildman–Crippen MR) is 113 cm³/mol. The Hall–Kier alpha value is -3.01. The molecule has 0 bridgehead atoms. The van der Waals surface area contributed by atoms with Crippen LogP contribution in [0.25, 0.3) is 0 Å². The Morgan fingerprint density at radius 2 is 2.07 bits per heavy atom. The Balaban J connectivity index is 1.42. The lowest BCUT2D eigenvalue weighted by atomic mass is 10.1. The molecule has 2 heterocycles. The van der Waals surface area contributed by atoms with E-state index in [0.29, 0.717) is 35.8 Å². The van der Waals surface area contributed by atoms with Crippen LogP contribution in [0.4, 0.5) is 15.6 Å². The van der Waals surface area contributed by atoms with Crippen molar-refractivity contribution in [1.29, 1.82) is 0 Å². The number of carbonyl (C=O) groups is 2. The smallest absolute Gasteiger partial charge is 0.321 e. The topological polar surface area (TPSA) is 117 Å². The lowest BCUT2D eigenvalue weighted by Crippen LogP contribution is -2.36. The first-order valence-electron chi connectivity index (χ1n) is 10.0. The van der Waals surface area contributed by atoms with E-state index in [9.17, 15) is 19.7 Å². The molecule has 158 valence electrons. The molecule has 1 aromatic carbocycles. The van der Waals surface area contributed by atoms with Gasteiger partial charge in [0.15, 0.2) is 5.13 Å². The van der Waals surface area contributed by atoms with Crippen molar-refractivity contribution < 1.29 is 14.5 Å². The fraction of sp³-hybridized carbons (Fsp3) is 0.450. The minimum Gasteiger partial charge on any atom is -0.335 e. The maximum absolute atomic E-state index is 12.9. The molecule has 2 N–H and O–H groups in total. The van der Waals surface area contributed by atoms with E-state index in [1.54, 1.807) is 24.0 Å². The van der Waals surface area contributed by atoms with Crippen LogP contribution in [-0.2, 0) is 13.0 Å². The molecule has 1 aliphatic heterocycles. The van der Waals surface area contributed by atoms with E-state index in [2.05, 4.69) is 15.6 Å². The summed E-state index contributed by atoms with van der Waals surface area (Å²) in [5.41, 5.74) is 1.65. The normalized spacial score (nSPS) is 16.2. The first-order chi connectivity index (χ1) is 14.4. The van der Waals surface area contributed by atoms with Gasteiger partial charge in [0, 0.05) is 41.1 Å². The van der Waals surface area contributed by atoms with Gasteiger partial charge in [0.1, 0.15) is 0 Å². The molecular weight excluding hydrogens is 406 g/mol. The number of fused-ring (bicyclic) bond motifs is 1. The van der Waals surface area contributed by atoms with Crippen LogP contribution in [0.15, 0.2) is 18.2 Å². The molecule has 9 nitrogen and oxygen atoms in total. The van der Waals surface area contributed by atoms with Crippen LogP contribution in [0.2, 0.25) is 0 Å². The van der Waals surface area contributed by atoms with Crippen molar-refractivity contribution >= 4 is 34.1 Å². The first-order valence-corrected chi connectivity index (χ1v) is 10.8. The third kappa shape index (κ3) is 4.28. The Bertz CT molecular complexity index is 999. The van der Waals surface area contributed by atoms with Crippen LogP contribution >= 0.6 is 11.3 Å². The van der Waals surface area contributed by atoms with Gasteiger partial charge in [-0.1, -0.05) is 30.2 Å². The highest BCUT2D eigenvalue weighted by Gasteiger charge is 2.27. The minimum atomic E-state index is -0.474. The van der Waals surface area contributed by atoms with Crippen LogP contribution in [0.1, 0.15) is 52.2 Å². The molecule has 10 heteroatoms. The summed E-state index contributed by atoms with van der Waals surface area (Å²) in [6.07, 6.45) is 4.89. The number of thiazole rings is 1. The standard InChI is InChI=1S/C20H23N5O4S/c1-12-6-7-13(10-16(12)25(28)29)18(26)24-9-8-15-17(11-24)30-20(22-15)23-19(27)21-14-4-2-3-5-14/h6-7,10,14H,2-5,8-9,11H2,1H3,(H2,21,22,23,27). The molecule has 3 amide bonds. The van der Waals surface area contributed by atoms with Crippen LogP contribution in [0.3, 0.4) is 0 Å². The van der Waals surface area contributed by atoms with Crippen molar-refractivity contribution in [3.8, 4) is 0 Å². The number of benzene rings is 1. The average molecular weight is 430 g/mol. The SMILES string of the molecule is Cc1ccc(C(=O)N2CCc3nc(NC(=O)NC4CCCC4)sc3C2)cc1[N+](=O)[O-]. The molecule has 1 saturated carbocycles. The van der Waals surface area contributed by atoms with Crippen molar-refractivity contribution in [3.63, 3.8) is 0 Å². The van der Waals surface area contributed by atoms with Gasteiger partial charge >= 0.3 is 6.03 Å². The summed E-state index contributed by atoms with van der Waals surface area (Å²) < 4.78 is 0. The Labute approximate surface area is 177 Å². The molecule has 0 unspecified atom stereocenters. The molecule has 4 rings (SSSR count). The number of amides is 3. The molecule has 0 spiro atoms. The number of hydrogen-bond donors (Lipinski definition) is 2. The first kappa shape index (κ1) is 20.3. The molecule has 2 aliphatic rings. The Kier molecular flexibility index (Phi) is 5.67. The fourth-order valence-corrected chi connectivity index (χ4v) is 4.95. The summed E-state index contributed by atoms with van der Waals surface area (Å²) >= 11 is 1.36. The van der Waals surface area contributed by atoms with Crippen molar-refractivity contribution in [2.75, 3.05) is 11.9 Å². The summed E-state index contributed by atoms with van der Waals surface area (Å²) in [6, 6.07) is 4.53. The third-order valence-corrected chi connectivity index (χ3v) is 6.58. The van der Waals surface area contributed by atoms with E-state index in [1.165, 1.54) is 17.4 Å². The second-order valence-corrected chi connectivity index (χ2v) is 8.79. The zero-order valence-electron chi connectivity index (χ0n) is 16.6. The number of urea groups is 1. The lowest BCUT2D eigenvalue weighted by molar-refractivity contribution is -0.385. The van der Waals surface area contributed by atoms with Crippen LogP contribution in [0, 0.1) is 17.0 Å². The molecule has 1 aliphatic carbocycles. The summed E-state index contributed by atoms with van der Waals surface area (Å²) in [5.74, 6) is -0.245. The van der Waals surface area contributed by atoms with E-state index in [4.69, 9.17) is 0 Å². The molecule has 1 fully saturated rings. The number of anilines is 1. The Morgan fingerprint density at radius 3 is 2.80 bits per heavy atom. The molecule has 0 atom stereocenters. The second kappa shape index (κ2) is 8.39. The van der Waals surface area contributed by atoms with Crippen molar-refractivity contribution in [3.05, 3.63) is 50.0 Å². The summed E-state index contributed by atoms with van der Waals surface area (Å²) in [6.45, 7) is 2.50. The molecular formula is C20H23N5O4S. The number of aromatic nitrogens is 1. The van der Waals surface area contributed by atoms with Gasteiger partial charge in [-0.05, 0) is 25.8 Å². The fourth-order valence-electron chi connectivity index (χ4n) is 3.93. The number of rotatable bonds is 4. The highest BCUT2D eigenvalue weighted by atomic mass is 32.1. The van der Waals surface area contributed by atoms with Gasteiger partial charge in [0.25, 0.3) is 11.6 Å². The maximum atomic E-state index is 12.9. The lowest BCUT2D eigenvalue weighted by Gasteiger charge is -2.26. The third-order valence-electron chi connectivity index (χ3n) is 5.58. The summed E-state index contributed by atoms with van der Waals surface area (Å²) in [5, 5.41) is 17.5. The van der Waals surface area contributed by atoms with Gasteiger partial charge in [-0.25, -0.2) is 9.78 Å². The van der Waals surface area contributed by atoms with E-state index in [1.807, 2.05) is 0 Å². The van der Waals surface area contributed by atoms with Gasteiger partial charge in [-0.2, -0.15) is 0 Å². The van der Waals surface area contributed by atoms with E-state index >= 15 is 0 Å². The number of nitro benzene ring substituents is 1. The van der Waals surface area contributed by atoms with Crippen molar-refractivity contribution in [1.82, 2.24) is 15.2 Å². The van der Waals surface area contributed by atoms with Crippen molar-refractivity contribution in [2.45, 2.75) is 51.6 Å². The van der Waals surface area contributed by atoms with E-state index in [0.717, 1.165) is 36.3 Å². The predicted octanol–water partition coefficient (Wildman–Crippen LogP) is 3.62. The Morgan fingerprint density at radius 1 is 1.30 bits per heavy atom. The van der Waals surface area contributed by atoms with Gasteiger partial charge in [-0.3, -0.25) is 20.2 Å². The second-order valence-electron chi connectivity index (χ2n) is 7.70. The average Bonchev–Trinajstić information content (AvgIpc) is 3.35. The number of nitrogens with zero attached hydrogens (tertiary/aromatic N) is 3. The van der Waals surface area contributed by atoms with Crippen molar-refractivity contribution in [2.24, 2.45) is 0 Å². The summed E-state index contributed by atoms with van der Waals surface area (Å²) in [7, 11) is 0. The molecule has 0 radical (unpaired) electrons. The van der Waals surface area contributed by atoms with Gasteiger partial charge in [-0.15, -0.1) is 0 Å². The maximum Gasteiger partial charge on any atom is 0.321 e. The zero-order chi connectivity index (χ0) is 21.3. The number of carbonyl (C=O) groups excluding carboxylic acids is 2. The van der Waals surface area contributed by atoms with Gasteiger partial charge < -0.3 is 10.2 Å². The van der Waals surface area contributed by atoms with E-state index in [-0.39, 0.29) is 23.7 Å². The summed E-state index contributed by atoms with van der Waals surface area (Å²) in [4.78, 5) is 42.8. The highest BCUT2D eigenvalue weighted by Crippen LogP contribution is 2.30. The number of hydrogen-bond acceptors (Lipinski definition) is 6. The molecule has 2 aromatic rings. The minimum absolute atomic E-state index is 0.0592. The zero-order valence-corrected chi connectivity index (χ0v) is 17.5. The van der Waals surface area contributed by atoms with Gasteiger partial charge in [0.05, 0.1) is 17.2 Å². The van der Waals surface area contributed by atoms with Crippen LogP contribution in [-0.4, -0.2) is 39.3 Å². The van der Waals surface area contributed by atoms with Crippen LogP contribution in [0.5, 0.6) is 0 Å². The molecule has 1 aromatic heterocycles. The largest absolute Gasteiger partial charge is 0.335 e. The van der Waals surface area contributed by atoms with Gasteiger partial charge in [0.2, 0.25) is 0 Å². The number of nitro groups is 1. The highest BCUT2D eigenvalue weighted by molar-refractivity contribution is 7.15. The molecule has 30 heavy (non-hydrogen) atoms. The molecule has 0 saturated heterocycles.